The van der Waals surface area contributed by atoms with Crippen molar-refractivity contribution in [2.75, 3.05) is 6.61 Å². The minimum atomic E-state index is -0.624. The fourth-order valence-corrected chi connectivity index (χ4v) is 2.78. The molecule has 0 aliphatic carbocycles. The van der Waals surface area contributed by atoms with Crippen LogP contribution in [0.4, 0.5) is 4.39 Å². The summed E-state index contributed by atoms with van der Waals surface area (Å²) in [5.74, 6) is -0.272. The molecule has 0 saturated carbocycles. The minimum absolute atomic E-state index is 0.0699. The third kappa shape index (κ3) is 2.06. The summed E-state index contributed by atoms with van der Waals surface area (Å²) in [7, 11) is 1.71. The van der Waals surface area contributed by atoms with Crippen molar-refractivity contribution in [3.8, 4) is 0 Å². The van der Waals surface area contributed by atoms with E-state index < -0.39 is 5.60 Å². The topological polar surface area (TPSA) is 31.2 Å². The van der Waals surface area contributed by atoms with Gasteiger partial charge >= 0.3 is 0 Å². The van der Waals surface area contributed by atoms with E-state index in [0.717, 1.165) is 24.0 Å². The summed E-state index contributed by atoms with van der Waals surface area (Å²) >= 11 is 0. The summed E-state index contributed by atoms with van der Waals surface area (Å²) in [6.07, 6.45) is 3.46. The Bertz CT molecular complexity index is 670. The molecule has 20 heavy (non-hydrogen) atoms. The van der Waals surface area contributed by atoms with E-state index in [1.54, 1.807) is 31.4 Å². The Balaban J connectivity index is 2.14. The number of aryl methyl sites for hydroxylation is 1. The lowest BCUT2D eigenvalue weighted by atomic mass is 9.84. The maximum Gasteiger partial charge on any atom is 0.250 e. The van der Waals surface area contributed by atoms with Crippen LogP contribution in [-0.2, 0) is 17.4 Å². The van der Waals surface area contributed by atoms with Crippen LogP contribution in [0.25, 0.3) is 0 Å². The zero-order valence-electron chi connectivity index (χ0n) is 11.3. The Labute approximate surface area is 116 Å². The van der Waals surface area contributed by atoms with Gasteiger partial charge in [0.1, 0.15) is 11.4 Å². The van der Waals surface area contributed by atoms with E-state index in [0.29, 0.717) is 6.61 Å². The zero-order valence-corrected chi connectivity index (χ0v) is 11.3. The molecule has 1 aliphatic heterocycles. The lowest BCUT2D eigenvalue weighted by molar-refractivity contribution is 0.0357. The maximum absolute atomic E-state index is 13.1. The standard InChI is InChI=1S/C16H16FNO2/c1-18-9-7-13(11-15(18)19)16(8-2-10-20-16)12-3-5-14(17)6-4-12/h3-7,9,11H,2,8,10H2,1H3. The highest BCUT2D eigenvalue weighted by Gasteiger charge is 2.39. The predicted octanol–water partition coefficient (Wildman–Crippen LogP) is 2.58. The molecule has 1 aromatic carbocycles. The number of halogens is 1. The Kier molecular flexibility index (Phi) is 3.18. The number of pyridine rings is 1. The van der Waals surface area contributed by atoms with Crippen molar-refractivity contribution in [3.05, 3.63) is 69.9 Å². The molecular formula is C16H16FNO2. The maximum atomic E-state index is 13.1. The van der Waals surface area contributed by atoms with Crippen LogP contribution in [0.1, 0.15) is 24.0 Å². The fourth-order valence-electron chi connectivity index (χ4n) is 2.78. The first-order valence-corrected chi connectivity index (χ1v) is 6.69. The molecule has 0 bridgehead atoms. The fraction of sp³-hybridized carbons (Fsp3) is 0.312. The Morgan fingerprint density at radius 1 is 1.20 bits per heavy atom. The molecule has 4 heteroatoms. The average Bonchev–Trinajstić information content (AvgIpc) is 2.93. The molecule has 3 rings (SSSR count). The van der Waals surface area contributed by atoms with Crippen LogP contribution in [0, 0.1) is 5.82 Å². The number of aromatic nitrogens is 1. The van der Waals surface area contributed by atoms with Crippen molar-refractivity contribution >= 4 is 0 Å². The number of benzene rings is 1. The number of nitrogens with zero attached hydrogens (tertiary/aromatic N) is 1. The summed E-state index contributed by atoms with van der Waals surface area (Å²) in [5, 5.41) is 0. The third-order valence-corrected chi connectivity index (χ3v) is 3.90. The van der Waals surface area contributed by atoms with Crippen LogP contribution in [0.3, 0.4) is 0 Å². The van der Waals surface area contributed by atoms with Crippen molar-refractivity contribution in [2.45, 2.75) is 18.4 Å². The lowest BCUT2D eigenvalue weighted by Gasteiger charge is -2.29. The van der Waals surface area contributed by atoms with Gasteiger partial charge < -0.3 is 9.30 Å². The first-order chi connectivity index (χ1) is 9.62. The number of ether oxygens (including phenoxy) is 1. The number of rotatable bonds is 2. The smallest absolute Gasteiger partial charge is 0.250 e. The highest BCUT2D eigenvalue weighted by Crippen LogP contribution is 2.41. The lowest BCUT2D eigenvalue weighted by Crippen LogP contribution is -2.29. The summed E-state index contributed by atoms with van der Waals surface area (Å²) in [4.78, 5) is 11.9. The van der Waals surface area contributed by atoms with Crippen molar-refractivity contribution in [1.82, 2.24) is 4.57 Å². The highest BCUT2D eigenvalue weighted by atomic mass is 19.1. The van der Waals surface area contributed by atoms with Gasteiger partial charge in [-0.15, -0.1) is 0 Å². The first-order valence-electron chi connectivity index (χ1n) is 6.69. The molecule has 104 valence electrons. The van der Waals surface area contributed by atoms with Crippen molar-refractivity contribution in [3.63, 3.8) is 0 Å². The Morgan fingerprint density at radius 3 is 2.55 bits per heavy atom. The molecule has 0 amide bonds. The monoisotopic (exact) mass is 273 g/mol. The molecular weight excluding hydrogens is 257 g/mol. The predicted molar refractivity (Wildman–Crippen MR) is 74.0 cm³/mol. The van der Waals surface area contributed by atoms with Gasteiger partial charge in [0.25, 0.3) is 5.56 Å². The van der Waals surface area contributed by atoms with E-state index in [1.165, 1.54) is 16.7 Å². The highest BCUT2D eigenvalue weighted by molar-refractivity contribution is 5.36. The van der Waals surface area contributed by atoms with Crippen LogP contribution in [0.5, 0.6) is 0 Å². The Hall–Kier alpha value is -1.94. The minimum Gasteiger partial charge on any atom is -0.366 e. The largest absolute Gasteiger partial charge is 0.366 e. The molecule has 0 spiro atoms. The van der Waals surface area contributed by atoms with Gasteiger partial charge in [-0.05, 0) is 42.2 Å². The van der Waals surface area contributed by atoms with Crippen molar-refractivity contribution < 1.29 is 9.13 Å². The van der Waals surface area contributed by atoms with Gasteiger partial charge in [-0.1, -0.05) is 12.1 Å². The second kappa shape index (κ2) is 4.87. The van der Waals surface area contributed by atoms with Crippen molar-refractivity contribution in [2.24, 2.45) is 7.05 Å². The van der Waals surface area contributed by atoms with Crippen LogP contribution >= 0.6 is 0 Å². The van der Waals surface area contributed by atoms with Gasteiger partial charge in [-0.3, -0.25) is 4.79 Å². The van der Waals surface area contributed by atoms with Crippen molar-refractivity contribution in [1.29, 1.82) is 0 Å². The second-order valence-corrected chi connectivity index (χ2v) is 5.15. The molecule has 3 nitrogen and oxygen atoms in total. The average molecular weight is 273 g/mol. The second-order valence-electron chi connectivity index (χ2n) is 5.15. The van der Waals surface area contributed by atoms with Crippen LogP contribution in [-0.4, -0.2) is 11.2 Å². The van der Waals surface area contributed by atoms with E-state index >= 15 is 0 Å². The summed E-state index contributed by atoms with van der Waals surface area (Å²) in [6, 6.07) is 9.83. The molecule has 1 unspecified atom stereocenters. The Morgan fingerprint density at radius 2 is 1.95 bits per heavy atom. The van der Waals surface area contributed by atoms with E-state index in [4.69, 9.17) is 4.74 Å². The SMILES string of the molecule is Cn1ccc(C2(c3ccc(F)cc3)CCCO2)cc1=O. The van der Waals surface area contributed by atoms with Crippen LogP contribution < -0.4 is 5.56 Å². The molecule has 1 aromatic heterocycles. The molecule has 1 aliphatic rings. The van der Waals surface area contributed by atoms with Gasteiger partial charge in [0.05, 0.1) is 0 Å². The molecule has 1 fully saturated rings. The van der Waals surface area contributed by atoms with E-state index in [9.17, 15) is 9.18 Å². The van der Waals surface area contributed by atoms with Gasteiger partial charge in [0.15, 0.2) is 0 Å². The molecule has 2 aromatic rings. The van der Waals surface area contributed by atoms with E-state index in [-0.39, 0.29) is 11.4 Å². The van der Waals surface area contributed by atoms with Gasteiger partial charge in [0.2, 0.25) is 0 Å². The first kappa shape index (κ1) is 13.1. The summed E-state index contributed by atoms with van der Waals surface area (Å²) in [5.41, 5.74) is 1.04. The van der Waals surface area contributed by atoms with E-state index in [1.807, 2.05) is 6.07 Å². The van der Waals surface area contributed by atoms with Gasteiger partial charge in [0, 0.05) is 25.9 Å². The zero-order chi connectivity index (χ0) is 14.2. The molecule has 1 saturated heterocycles. The third-order valence-electron chi connectivity index (χ3n) is 3.90. The number of hydrogen-bond donors (Lipinski definition) is 0. The molecule has 2 heterocycles. The summed E-state index contributed by atoms with van der Waals surface area (Å²) in [6.45, 7) is 0.645. The van der Waals surface area contributed by atoms with Crippen LogP contribution in [0.2, 0.25) is 0 Å². The normalized spacial score (nSPS) is 22.1. The van der Waals surface area contributed by atoms with Gasteiger partial charge in [-0.2, -0.15) is 0 Å². The molecule has 0 N–H and O–H groups in total. The molecule has 1 atom stereocenters. The van der Waals surface area contributed by atoms with Gasteiger partial charge in [-0.25, -0.2) is 4.39 Å². The number of hydrogen-bond acceptors (Lipinski definition) is 2. The summed E-state index contributed by atoms with van der Waals surface area (Å²) < 4.78 is 20.6. The quantitative estimate of drug-likeness (QED) is 0.842. The van der Waals surface area contributed by atoms with E-state index in [2.05, 4.69) is 0 Å². The molecule has 0 radical (unpaired) electrons. The van der Waals surface area contributed by atoms with Crippen LogP contribution in [0.15, 0.2) is 47.4 Å².